The van der Waals surface area contributed by atoms with Crippen molar-refractivity contribution in [3.05, 3.63) is 76.5 Å². The number of benzene rings is 1. The topological polar surface area (TPSA) is 109 Å². The molecule has 186 valence electrons. The quantitative estimate of drug-likeness (QED) is 0.598. The van der Waals surface area contributed by atoms with Gasteiger partial charge in [0.25, 0.3) is 5.91 Å². The molecule has 0 atom stereocenters. The maximum absolute atomic E-state index is 12.9. The van der Waals surface area contributed by atoms with Crippen LogP contribution in [0.25, 0.3) is 16.5 Å². The lowest BCUT2D eigenvalue weighted by Crippen LogP contribution is -2.39. The molecule has 0 spiro atoms. The summed E-state index contributed by atoms with van der Waals surface area (Å²) in [6.07, 6.45) is 15.9. The fourth-order valence-corrected chi connectivity index (χ4v) is 5.89. The van der Waals surface area contributed by atoms with E-state index in [1.807, 2.05) is 22.8 Å². The van der Waals surface area contributed by atoms with Crippen molar-refractivity contribution < 1.29 is 23.1 Å². The number of carboxylic acids is 1. The average molecular weight is 507 g/mol. The summed E-state index contributed by atoms with van der Waals surface area (Å²) in [6, 6.07) is 5.19. The van der Waals surface area contributed by atoms with Crippen molar-refractivity contribution >= 4 is 38.6 Å². The molecule has 8 nitrogen and oxygen atoms in total. The van der Waals surface area contributed by atoms with Crippen molar-refractivity contribution in [3.8, 4) is 0 Å². The Kier molecular flexibility index (Phi) is 6.16. The molecular formula is C27H28N3O5S+. The van der Waals surface area contributed by atoms with Gasteiger partial charge >= 0.3 is 16.2 Å². The zero-order valence-corrected chi connectivity index (χ0v) is 21.1. The molecule has 2 aromatic rings. The lowest BCUT2D eigenvalue weighted by atomic mass is 9.81. The summed E-state index contributed by atoms with van der Waals surface area (Å²) < 4.78 is 29.5. The summed E-state index contributed by atoms with van der Waals surface area (Å²) in [6.45, 7) is 0.129. The van der Waals surface area contributed by atoms with Gasteiger partial charge in [-0.05, 0) is 36.5 Å². The molecule has 0 bridgehead atoms. The van der Waals surface area contributed by atoms with E-state index < -0.39 is 22.1 Å². The number of fused-ring (bicyclic) bond motifs is 4. The van der Waals surface area contributed by atoms with Gasteiger partial charge in [-0.2, -0.15) is 12.7 Å². The van der Waals surface area contributed by atoms with Crippen LogP contribution in [0, 0.1) is 6.08 Å². The number of carboxylic acid groups (broad SMARTS) is 1. The van der Waals surface area contributed by atoms with Gasteiger partial charge in [0.2, 0.25) is 0 Å². The van der Waals surface area contributed by atoms with Crippen LogP contribution >= 0.6 is 0 Å². The third-order valence-corrected chi connectivity index (χ3v) is 8.57. The normalized spacial score (nSPS) is 17.9. The molecule has 0 radical (unpaired) electrons. The molecule has 9 heteroatoms. The van der Waals surface area contributed by atoms with E-state index in [-0.39, 0.29) is 17.7 Å². The second-order valence-electron chi connectivity index (χ2n) is 9.62. The van der Waals surface area contributed by atoms with Gasteiger partial charge in [0.15, 0.2) is 0 Å². The maximum atomic E-state index is 12.9. The van der Waals surface area contributed by atoms with E-state index in [9.17, 15) is 23.1 Å². The molecule has 2 aliphatic carbocycles. The zero-order chi connectivity index (χ0) is 25.6. The Hall–Kier alpha value is -3.52. The van der Waals surface area contributed by atoms with E-state index >= 15 is 0 Å². The average Bonchev–Trinajstić information content (AvgIpc) is 3.06. The van der Waals surface area contributed by atoms with Crippen molar-refractivity contribution in [3.63, 3.8) is 0 Å². The number of amides is 1. The Labute approximate surface area is 210 Å². The third kappa shape index (κ3) is 4.19. The van der Waals surface area contributed by atoms with Crippen LogP contribution in [-0.2, 0) is 21.5 Å². The van der Waals surface area contributed by atoms with E-state index in [2.05, 4.69) is 10.8 Å². The Bertz CT molecular complexity index is 1500. The van der Waals surface area contributed by atoms with Crippen molar-refractivity contribution in [1.29, 1.82) is 0 Å². The molecule has 0 unspecified atom stereocenters. The Balaban J connectivity index is 1.75. The van der Waals surface area contributed by atoms with E-state index in [1.54, 1.807) is 24.3 Å². The summed E-state index contributed by atoms with van der Waals surface area (Å²) in [5, 5.41) is 10.9. The lowest BCUT2D eigenvalue weighted by molar-refractivity contribution is -0.132. The van der Waals surface area contributed by atoms with Gasteiger partial charge in [0.05, 0.1) is 29.5 Å². The number of carbonyl (C=O) groups is 2. The minimum atomic E-state index is -3.96. The third-order valence-electron chi connectivity index (χ3n) is 7.17. The van der Waals surface area contributed by atoms with Crippen molar-refractivity contribution in [2.45, 2.75) is 44.6 Å². The molecule has 1 saturated carbocycles. The summed E-state index contributed by atoms with van der Waals surface area (Å²) in [5.74, 6) is -1.43. The first kappa shape index (κ1) is 24.2. The highest BCUT2D eigenvalue weighted by molar-refractivity contribution is 7.87. The van der Waals surface area contributed by atoms with Crippen LogP contribution < -0.4 is 4.72 Å². The Morgan fingerprint density at radius 1 is 1.17 bits per heavy atom. The second kappa shape index (κ2) is 9.17. The molecule has 1 fully saturated rings. The van der Waals surface area contributed by atoms with Gasteiger partial charge in [-0.15, -0.1) is 0 Å². The number of aliphatic carboxylic acids is 1. The molecule has 0 saturated heterocycles. The second-order valence-corrected chi connectivity index (χ2v) is 11.5. The molecule has 1 aromatic carbocycles. The summed E-state index contributed by atoms with van der Waals surface area (Å²) in [7, 11) is -1.27. The molecule has 2 heterocycles. The highest BCUT2D eigenvalue weighted by Gasteiger charge is 2.33. The van der Waals surface area contributed by atoms with Crippen molar-refractivity contribution in [2.24, 2.45) is 0 Å². The molecule has 1 amide bonds. The van der Waals surface area contributed by atoms with E-state index in [0.717, 1.165) is 52.2 Å². The summed E-state index contributed by atoms with van der Waals surface area (Å²) in [4.78, 5) is 25.0. The monoisotopic (exact) mass is 506 g/mol. The number of nitrogens with one attached hydrogen (secondary N) is 1. The summed E-state index contributed by atoms with van der Waals surface area (Å²) >= 11 is 0. The van der Waals surface area contributed by atoms with Crippen LogP contribution in [0.5, 0.6) is 0 Å². The van der Waals surface area contributed by atoms with Gasteiger partial charge in [-0.3, -0.25) is 4.79 Å². The predicted molar refractivity (Wildman–Crippen MR) is 137 cm³/mol. The van der Waals surface area contributed by atoms with Gasteiger partial charge in [0, 0.05) is 42.7 Å². The Morgan fingerprint density at radius 2 is 1.92 bits per heavy atom. The first-order chi connectivity index (χ1) is 17.2. The van der Waals surface area contributed by atoms with Crippen LogP contribution in [0.2, 0.25) is 0 Å². The number of carbonyl (C=O) groups excluding carboxylic acids is 1. The standard InChI is InChI=1S/C27H27N3O5S/c1-29(2)36(34,35)28-26(31)19-12-13-22-23(15-19)30-16-20(27(32)33)14-18-10-6-7-11-21(18)25(30)24(22)17-8-4-3-5-9-17/h7,10-15,17H,3-5,8-9,16H2,1-2H3,(H-,28,31,32,33)/p+1. The fraction of sp³-hybridized carbons (Fsp3) is 0.333. The SMILES string of the molecule is CN(C)S(=O)(=O)NC(=O)c1ccc2c(C3CCCCC3)c3n(c2c1)CC(C(=O)O)=CC1=C3C=C[C+]=C1. The van der Waals surface area contributed by atoms with Crippen molar-refractivity contribution in [2.75, 3.05) is 14.1 Å². The minimum Gasteiger partial charge on any atom is -0.478 e. The van der Waals surface area contributed by atoms with Gasteiger partial charge in [-0.1, -0.05) is 25.3 Å². The van der Waals surface area contributed by atoms with Gasteiger partial charge in [0.1, 0.15) is 17.7 Å². The number of aromatic nitrogens is 1. The van der Waals surface area contributed by atoms with Crippen molar-refractivity contribution in [1.82, 2.24) is 13.6 Å². The van der Waals surface area contributed by atoms with Crippen LogP contribution in [0.1, 0.15) is 59.6 Å². The van der Waals surface area contributed by atoms with Gasteiger partial charge in [-0.25, -0.2) is 9.52 Å². The number of hydrogen-bond donors (Lipinski definition) is 2. The highest BCUT2D eigenvalue weighted by Crippen LogP contribution is 2.45. The Morgan fingerprint density at radius 3 is 2.61 bits per heavy atom. The largest absolute Gasteiger partial charge is 0.478 e. The molecule has 1 aliphatic heterocycles. The van der Waals surface area contributed by atoms with E-state index in [1.165, 1.54) is 26.1 Å². The van der Waals surface area contributed by atoms with E-state index in [0.29, 0.717) is 11.4 Å². The molecule has 36 heavy (non-hydrogen) atoms. The van der Waals surface area contributed by atoms with Crippen LogP contribution in [0.3, 0.4) is 0 Å². The maximum Gasteiger partial charge on any atom is 0.334 e. The number of allylic oxidation sites excluding steroid dienone is 7. The van der Waals surface area contributed by atoms with Crippen LogP contribution in [-0.4, -0.2) is 48.4 Å². The van der Waals surface area contributed by atoms with Gasteiger partial charge < -0.3 is 9.67 Å². The molecule has 2 N–H and O–H groups in total. The predicted octanol–water partition coefficient (Wildman–Crippen LogP) is 3.93. The first-order valence-electron chi connectivity index (χ1n) is 12.0. The smallest absolute Gasteiger partial charge is 0.334 e. The summed E-state index contributed by atoms with van der Waals surface area (Å²) in [5.41, 5.74) is 5.00. The number of nitrogens with zero attached hydrogens (tertiary/aromatic N) is 2. The molecular weight excluding hydrogens is 478 g/mol. The number of hydrogen-bond acceptors (Lipinski definition) is 4. The van der Waals surface area contributed by atoms with Crippen LogP contribution in [0.4, 0.5) is 0 Å². The zero-order valence-electron chi connectivity index (χ0n) is 20.2. The molecule has 1 aromatic heterocycles. The molecule has 3 aliphatic rings. The first-order valence-corrected chi connectivity index (χ1v) is 13.5. The lowest BCUT2D eigenvalue weighted by Gasteiger charge is -2.23. The highest BCUT2D eigenvalue weighted by atomic mass is 32.2. The van der Waals surface area contributed by atoms with E-state index in [4.69, 9.17) is 0 Å². The molecule has 5 rings (SSSR count). The number of rotatable bonds is 5. The fourth-order valence-electron chi connectivity index (χ4n) is 5.36. The van der Waals surface area contributed by atoms with Crippen LogP contribution in [0.15, 0.2) is 53.6 Å². The minimum absolute atomic E-state index is 0.129.